The predicted molar refractivity (Wildman–Crippen MR) is 69.7 cm³/mol. The van der Waals surface area contributed by atoms with E-state index in [1.54, 1.807) is 13.8 Å². The van der Waals surface area contributed by atoms with Crippen molar-refractivity contribution in [2.75, 3.05) is 0 Å². The number of hydrogen-bond acceptors (Lipinski definition) is 4. The maximum atomic E-state index is 12.2. The van der Waals surface area contributed by atoms with Crippen molar-refractivity contribution in [2.24, 2.45) is 5.92 Å². The number of nitrogens with one attached hydrogen (secondary N) is 1. The molecule has 1 heterocycles. The van der Waals surface area contributed by atoms with Crippen LogP contribution in [0.5, 0.6) is 0 Å². The molecule has 0 saturated carbocycles. The molecule has 1 rings (SSSR count). The van der Waals surface area contributed by atoms with Gasteiger partial charge in [-0.05, 0) is 19.8 Å². The number of aromatic nitrogens is 2. The summed E-state index contributed by atoms with van der Waals surface area (Å²) in [7, 11) is 0. The maximum absolute atomic E-state index is 12.2. The molecule has 104 valence electrons. The van der Waals surface area contributed by atoms with Crippen LogP contribution in [0, 0.1) is 12.8 Å². The fourth-order valence-electron chi connectivity index (χ4n) is 1.65. The number of aliphatic carboxylic acids is 1. The highest BCUT2D eigenvalue weighted by molar-refractivity contribution is 5.95. The molecule has 1 amide bonds. The number of nitrogens with zero attached hydrogens (tertiary/aromatic N) is 2. The van der Waals surface area contributed by atoms with Gasteiger partial charge >= 0.3 is 5.97 Å². The van der Waals surface area contributed by atoms with Crippen LogP contribution in [0.25, 0.3) is 0 Å². The van der Waals surface area contributed by atoms with Gasteiger partial charge in [0, 0.05) is 6.20 Å². The molecule has 1 aromatic heterocycles. The average Bonchev–Trinajstić information content (AvgIpc) is 2.27. The second-order valence-electron chi connectivity index (χ2n) is 5.12. The van der Waals surface area contributed by atoms with Crippen molar-refractivity contribution in [3.8, 4) is 0 Å². The standard InChI is InChI=1S/C13H19N3O3/c1-8(2)13(4,5-11(17)18)16-12(19)10-6-14-7-15-9(10)3/h6-8H,5H2,1-4H3,(H,16,19)(H,17,18). The lowest BCUT2D eigenvalue weighted by Crippen LogP contribution is -2.51. The van der Waals surface area contributed by atoms with Crippen LogP contribution in [-0.4, -0.2) is 32.5 Å². The summed E-state index contributed by atoms with van der Waals surface area (Å²) in [6, 6.07) is 0. The SMILES string of the molecule is Cc1ncncc1C(=O)NC(C)(CC(=O)O)C(C)C. The highest BCUT2D eigenvalue weighted by Crippen LogP contribution is 2.21. The summed E-state index contributed by atoms with van der Waals surface area (Å²) in [6.45, 7) is 7.18. The van der Waals surface area contributed by atoms with Gasteiger partial charge < -0.3 is 10.4 Å². The Morgan fingerprint density at radius 2 is 2.11 bits per heavy atom. The molecule has 6 nitrogen and oxygen atoms in total. The summed E-state index contributed by atoms with van der Waals surface area (Å²) in [6.07, 6.45) is 2.66. The van der Waals surface area contributed by atoms with Crippen LogP contribution in [-0.2, 0) is 4.79 Å². The van der Waals surface area contributed by atoms with E-state index >= 15 is 0 Å². The first kappa shape index (κ1) is 15.1. The van der Waals surface area contributed by atoms with Crippen LogP contribution in [0.1, 0.15) is 43.2 Å². The predicted octanol–water partition coefficient (Wildman–Crippen LogP) is 1.40. The number of rotatable bonds is 5. The van der Waals surface area contributed by atoms with Gasteiger partial charge in [0.25, 0.3) is 5.91 Å². The van der Waals surface area contributed by atoms with Crippen molar-refractivity contribution in [3.63, 3.8) is 0 Å². The van der Waals surface area contributed by atoms with E-state index in [-0.39, 0.29) is 18.2 Å². The van der Waals surface area contributed by atoms with E-state index in [9.17, 15) is 9.59 Å². The number of carboxylic acid groups (broad SMARTS) is 1. The van der Waals surface area contributed by atoms with Crippen molar-refractivity contribution in [1.82, 2.24) is 15.3 Å². The normalized spacial score (nSPS) is 13.9. The van der Waals surface area contributed by atoms with Crippen LogP contribution in [0.4, 0.5) is 0 Å². The van der Waals surface area contributed by atoms with Gasteiger partial charge in [0.1, 0.15) is 6.33 Å². The molecule has 6 heteroatoms. The smallest absolute Gasteiger partial charge is 0.305 e. The number of carbonyl (C=O) groups excluding carboxylic acids is 1. The zero-order valence-electron chi connectivity index (χ0n) is 11.6. The van der Waals surface area contributed by atoms with Gasteiger partial charge in [-0.1, -0.05) is 13.8 Å². The third-order valence-corrected chi connectivity index (χ3v) is 3.35. The van der Waals surface area contributed by atoms with Crippen LogP contribution in [0.3, 0.4) is 0 Å². The number of amides is 1. The molecular weight excluding hydrogens is 246 g/mol. The molecule has 19 heavy (non-hydrogen) atoms. The zero-order valence-corrected chi connectivity index (χ0v) is 11.6. The van der Waals surface area contributed by atoms with Crippen molar-refractivity contribution >= 4 is 11.9 Å². The quantitative estimate of drug-likeness (QED) is 0.839. The molecule has 0 radical (unpaired) electrons. The Hall–Kier alpha value is -1.98. The Labute approximate surface area is 112 Å². The van der Waals surface area contributed by atoms with E-state index in [1.807, 2.05) is 13.8 Å². The maximum Gasteiger partial charge on any atom is 0.305 e. The molecule has 2 N–H and O–H groups in total. The number of carbonyl (C=O) groups is 2. The number of carboxylic acids is 1. The Morgan fingerprint density at radius 3 is 2.58 bits per heavy atom. The van der Waals surface area contributed by atoms with E-state index < -0.39 is 11.5 Å². The molecule has 0 aliphatic heterocycles. The number of hydrogen-bond donors (Lipinski definition) is 2. The third kappa shape index (κ3) is 3.74. The lowest BCUT2D eigenvalue weighted by Gasteiger charge is -2.33. The van der Waals surface area contributed by atoms with E-state index in [4.69, 9.17) is 5.11 Å². The summed E-state index contributed by atoms with van der Waals surface area (Å²) < 4.78 is 0. The number of aryl methyl sites for hydroxylation is 1. The lowest BCUT2D eigenvalue weighted by atomic mass is 9.85. The van der Waals surface area contributed by atoms with Crippen molar-refractivity contribution in [3.05, 3.63) is 23.8 Å². The fraction of sp³-hybridized carbons (Fsp3) is 0.538. The van der Waals surface area contributed by atoms with Gasteiger partial charge in [-0.2, -0.15) is 0 Å². The van der Waals surface area contributed by atoms with E-state index in [2.05, 4.69) is 15.3 Å². The van der Waals surface area contributed by atoms with Crippen molar-refractivity contribution in [1.29, 1.82) is 0 Å². The zero-order chi connectivity index (χ0) is 14.6. The summed E-state index contributed by atoms with van der Waals surface area (Å²) in [5.41, 5.74) is 0.110. The Balaban J connectivity index is 2.95. The molecule has 0 spiro atoms. The van der Waals surface area contributed by atoms with Crippen molar-refractivity contribution in [2.45, 2.75) is 39.7 Å². The Bertz CT molecular complexity index is 488. The van der Waals surface area contributed by atoms with Gasteiger partial charge in [-0.15, -0.1) is 0 Å². The molecule has 1 unspecified atom stereocenters. The highest BCUT2D eigenvalue weighted by atomic mass is 16.4. The van der Waals surface area contributed by atoms with Gasteiger partial charge in [0.05, 0.1) is 23.2 Å². The minimum Gasteiger partial charge on any atom is -0.481 e. The van der Waals surface area contributed by atoms with Crippen LogP contribution in [0.2, 0.25) is 0 Å². The molecule has 0 fully saturated rings. The first-order valence-corrected chi connectivity index (χ1v) is 6.07. The molecule has 0 aliphatic carbocycles. The first-order valence-electron chi connectivity index (χ1n) is 6.07. The molecule has 1 aromatic rings. The highest BCUT2D eigenvalue weighted by Gasteiger charge is 2.33. The minimum absolute atomic E-state index is 0.0162. The summed E-state index contributed by atoms with van der Waals surface area (Å²) >= 11 is 0. The van der Waals surface area contributed by atoms with Gasteiger partial charge in [-0.25, -0.2) is 9.97 Å². The van der Waals surface area contributed by atoms with Crippen molar-refractivity contribution < 1.29 is 14.7 Å². The second kappa shape index (κ2) is 5.77. The van der Waals surface area contributed by atoms with E-state index in [1.165, 1.54) is 12.5 Å². The average molecular weight is 265 g/mol. The van der Waals surface area contributed by atoms with Gasteiger partial charge in [0.15, 0.2) is 0 Å². The van der Waals surface area contributed by atoms with Crippen LogP contribution >= 0.6 is 0 Å². The molecule has 0 saturated heterocycles. The Kier molecular flexibility index (Phi) is 4.58. The minimum atomic E-state index is -0.947. The largest absolute Gasteiger partial charge is 0.481 e. The Morgan fingerprint density at radius 1 is 1.47 bits per heavy atom. The summed E-state index contributed by atoms with van der Waals surface area (Å²) in [5.74, 6) is -1.31. The van der Waals surface area contributed by atoms with E-state index in [0.29, 0.717) is 11.3 Å². The van der Waals surface area contributed by atoms with Crippen LogP contribution < -0.4 is 5.32 Å². The monoisotopic (exact) mass is 265 g/mol. The summed E-state index contributed by atoms with van der Waals surface area (Å²) in [4.78, 5) is 30.9. The van der Waals surface area contributed by atoms with Gasteiger partial charge in [-0.3, -0.25) is 9.59 Å². The molecular formula is C13H19N3O3. The lowest BCUT2D eigenvalue weighted by molar-refractivity contribution is -0.138. The topological polar surface area (TPSA) is 92.2 Å². The molecule has 1 atom stereocenters. The molecule has 0 aliphatic rings. The molecule has 0 bridgehead atoms. The van der Waals surface area contributed by atoms with Gasteiger partial charge in [0.2, 0.25) is 0 Å². The molecule has 0 aromatic carbocycles. The fourth-order valence-corrected chi connectivity index (χ4v) is 1.65. The summed E-state index contributed by atoms with van der Waals surface area (Å²) in [5, 5.41) is 11.7. The first-order chi connectivity index (χ1) is 8.76. The third-order valence-electron chi connectivity index (χ3n) is 3.35. The van der Waals surface area contributed by atoms with Crippen LogP contribution in [0.15, 0.2) is 12.5 Å². The van der Waals surface area contributed by atoms with E-state index in [0.717, 1.165) is 0 Å². The second-order valence-corrected chi connectivity index (χ2v) is 5.12.